The summed E-state index contributed by atoms with van der Waals surface area (Å²) in [5.41, 5.74) is 0.911. The number of ether oxygens (including phenoxy) is 1. The highest BCUT2D eigenvalue weighted by Crippen LogP contribution is 2.31. The van der Waals surface area contributed by atoms with Gasteiger partial charge in [-0.3, -0.25) is 0 Å². The Bertz CT molecular complexity index is 455. The number of nitrogens with one attached hydrogen (secondary N) is 1. The summed E-state index contributed by atoms with van der Waals surface area (Å²) in [6, 6.07) is 7.33. The van der Waals surface area contributed by atoms with Crippen LogP contribution in [0, 0.1) is 0 Å². The molecule has 0 spiro atoms. The number of fused-ring (bicyclic) bond motifs is 1. The van der Waals surface area contributed by atoms with E-state index in [0.29, 0.717) is 13.0 Å². The van der Waals surface area contributed by atoms with E-state index in [1.807, 2.05) is 24.3 Å². The molecule has 82 valence electrons. The van der Waals surface area contributed by atoms with E-state index in [1.165, 1.54) is 6.26 Å². The Morgan fingerprint density at radius 1 is 1.40 bits per heavy atom. The lowest BCUT2D eigenvalue weighted by Gasteiger charge is -2.25. The first-order valence-electron chi connectivity index (χ1n) is 4.75. The van der Waals surface area contributed by atoms with E-state index in [1.54, 1.807) is 0 Å². The normalized spacial score (nSPS) is 20.5. The molecule has 1 aliphatic heterocycles. The molecule has 1 N–H and O–H groups in total. The first kappa shape index (κ1) is 10.4. The topological polar surface area (TPSA) is 55.4 Å². The van der Waals surface area contributed by atoms with Crippen LogP contribution in [0.25, 0.3) is 0 Å². The van der Waals surface area contributed by atoms with Gasteiger partial charge in [0, 0.05) is 12.0 Å². The lowest BCUT2D eigenvalue weighted by molar-refractivity contribution is 0.263. The highest BCUT2D eigenvalue weighted by Gasteiger charge is 2.23. The zero-order valence-electron chi connectivity index (χ0n) is 8.43. The summed E-state index contributed by atoms with van der Waals surface area (Å²) >= 11 is 0. The minimum Gasteiger partial charge on any atom is -0.493 e. The summed E-state index contributed by atoms with van der Waals surface area (Å²) < 4.78 is 30.4. The average Bonchev–Trinajstić information content (AvgIpc) is 2.16. The number of sulfonamides is 1. The molecular formula is C10H13NO3S. The van der Waals surface area contributed by atoms with Gasteiger partial charge < -0.3 is 4.74 Å². The Hall–Kier alpha value is -1.07. The second kappa shape index (κ2) is 3.83. The monoisotopic (exact) mass is 227 g/mol. The van der Waals surface area contributed by atoms with Gasteiger partial charge in [-0.1, -0.05) is 18.2 Å². The van der Waals surface area contributed by atoms with Crippen LogP contribution in [0.4, 0.5) is 0 Å². The fraction of sp³-hybridized carbons (Fsp3) is 0.400. The molecule has 2 rings (SSSR count). The van der Waals surface area contributed by atoms with Gasteiger partial charge >= 0.3 is 0 Å². The molecule has 0 bridgehead atoms. The van der Waals surface area contributed by atoms with Crippen LogP contribution < -0.4 is 9.46 Å². The van der Waals surface area contributed by atoms with Crippen LogP contribution in [0.2, 0.25) is 0 Å². The molecule has 1 aliphatic rings. The smallest absolute Gasteiger partial charge is 0.209 e. The SMILES string of the molecule is CS(=O)(=O)N[C@@H]1CCOc2ccccc21. The highest BCUT2D eigenvalue weighted by atomic mass is 32.2. The number of hydrogen-bond donors (Lipinski definition) is 1. The quantitative estimate of drug-likeness (QED) is 0.822. The van der Waals surface area contributed by atoms with Crippen LogP contribution in [0.1, 0.15) is 18.0 Å². The molecule has 1 aromatic rings. The molecule has 0 saturated heterocycles. The molecule has 1 aromatic carbocycles. The highest BCUT2D eigenvalue weighted by molar-refractivity contribution is 7.88. The van der Waals surface area contributed by atoms with Gasteiger partial charge in [-0.05, 0) is 6.07 Å². The lowest BCUT2D eigenvalue weighted by atomic mass is 10.0. The first-order valence-corrected chi connectivity index (χ1v) is 6.64. The molecule has 5 heteroatoms. The van der Waals surface area contributed by atoms with Crippen molar-refractivity contribution in [2.45, 2.75) is 12.5 Å². The molecule has 0 unspecified atom stereocenters. The number of rotatable bonds is 2. The second-order valence-corrected chi connectivity index (χ2v) is 5.40. The van der Waals surface area contributed by atoms with Gasteiger partial charge in [-0.25, -0.2) is 13.1 Å². The second-order valence-electron chi connectivity index (χ2n) is 3.62. The predicted octanol–water partition coefficient (Wildman–Crippen LogP) is 1.06. The minimum atomic E-state index is -3.17. The Balaban J connectivity index is 2.30. The average molecular weight is 227 g/mol. The number of benzene rings is 1. The van der Waals surface area contributed by atoms with E-state index in [2.05, 4.69) is 4.72 Å². The van der Waals surface area contributed by atoms with Gasteiger partial charge in [0.2, 0.25) is 10.0 Å². The summed E-state index contributed by atoms with van der Waals surface area (Å²) in [6.07, 6.45) is 1.84. The molecule has 0 aromatic heterocycles. The summed E-state index contributed by atoms with van der Waals surface area (Å²) in [6.45, 7) is 0.546. The lowest BCUT2D eigenvalue weighted by Crippen LogP contribution is -2.31. The van der Waals surface area contributed by atoms with Crippen molar-refractivity contribution in [3.63, 3.8) is 0 Å². The van der Waals surface area contributed by atoms with Crippen molar-refractivity contribution in [3.8, 4) is 5.75 Å². The Morgan fingerprint density at radius 3 is 2.87 bits per heavy atom. The predicted molar refractivity (Wildman–Crippen MR) is 57.3 cm³/mol. The van der Waals surface area contributed by atoms with Gasteiger partial charge in [0.25, 0.3) is 0 Å². The van der Waals surface area contributed by atoms with Crippen LogP contribution >= 0.6 is 0 Å². The van der Waals surface area contributed by atoms with Gasteiger partial charge in [-0.2, -0.15) is 0 Å². The van der Waals surface area contributed by atoms with E-state index in [-0.39, 0.29) is 6.04 Å². The third kappa shape index (κ3) is 2.49. The summed E-state index contributed by atoms with van der Waals surface area (Å²) in [5, 5.41) is 0. The van der Waals surface area contributed by atoms with Gasteiger partial charge in [0.15, 0.2) is 0 Å². The van der Waals surface area contributed by atoms with Crippen molar-refractivity contribution >= 4 is 10.0 Å². The zero-order valence-corrected chi connectivity index (χ0v) is 9.25. The van der Waals surface area contributed by atoms with Gasteiger partial charge in [0.05, 0.1) is 18.9 Å². The van der Waals surface area contributed by atoms with Crippen molar-refractivity contribution in [1.29, 1.82) is 0 Å². The molecule has 0 amide bonds. The van der Waals surface area contributed by atoms with Gasteiger partial charge in [-0.15, -0.1) is 0 Å². The van der Waals surface area contributed by atoms with E-state index in [0.717, 1.165) is 11.3 Å². The number of para-hydroxylation sites is 1. The van der Waals surface area contributed by atoms with Crippen LogP contribution in [0.5, 0.6) is 5.75 Å². The standard InChI is InChI=1S/C10H13NO3S/c1-15(12,13)11-9-6-7-14-10-5-3-2-4-8(9)10/h2-5,9,11H,6-7H2,1H3/t9-/m1/s1. The van der Waals surface area contributed by atoms with Gasteiger partial charge in [0.1, 0.15) is 5.75 Å². The Labute approximate surface area is 89.3 Å². The third-order valence-corrected chi connectivity index (χ3v) is 3.03. The molecule has 0 aliphatic carbocycles. The van der Waals surface area contributed by atoms with Crippen LogP contribution in [-0.4, -0.2) is 21.3 Å². The first-order chi connectivity index (χ1) is 7.06. The molecule has 1 heterocycles. The minimum absolute atomic E-state index is 0.162. The van der Waals surface area contributed by atoms with Crippen molar-refractivity contribution in [3.05, 3.63) is 29.8 Å². The fourth-order valence-electron chi connectivity index (χ4n) is 1.72. The van der Waals surface area contributed by atoms with Crippen molar-refractivity contribution in [2.24, 2.45) is 0 Å². The van der Waals surface area contributed by atoms with E-state index in [9.17, 15) is 8.42 Å². The summed E-state index contributed by atoms with van der Waals surface area (Å²) in [7, 11) is -3.17. The van der Waals surface area contributed by atoms with Crippen LogP contribution in [0.15, 0.2) is 24.3 Å². The fourth-order valence-corrected chi connectivity index (χ4v) is 2.48. The van der Waals surface area contributed by atoms with E-state index >= 15 is 0 Å². The Kier molecular flexibility index (Phi) is 2.67. The molecule has 15 heavy (non-hydrogen) atoms. The maximum Gasteiger partial charge on any atom is 0.209 e. The van der Waals surface area contributed by atoms with Crippen LogP contribution in [0.3, 0.4) is 0 Å². The van der Waals surface area contributed by atoms with Crippen molar-refractivity contribution in [2.75, 3.05) is 12.9 Å². The molecule has 4 nitrogen and oxygen atoms in total. The largest absolute Gasteiger partial charge is 0.493 e. The van der Waals surface area contributed by atoms with E-state index in [4.69, 9.17) is 4.74 Å². The van der Waals surface area contributed by atoms with Crippen molar-refractivity contribution in [1.82, 2.24) is 4.72 Å². The summed E-state index contributed by atoms with van der Waals surface area (Å²) in [4.78, 5) is 0. The third-order valence-electron chi connectivity index (χ3n) is 2.31. The molecule has 1 atom stereocenters. The maximum atomic E-state index is 11.2. The molecule has 0 fully saturated rings. The molecule has 0 radical (unpaired) electrons. The number of hydrogen-bond acceptors (Lipinski definition) is 3. The maximum absolute atomic E-state index is 11.2. The molecule has 0 saturated carbocycles. The Morgan fingerprint density at radius 2 is 2.13 bits per heavy atom. The molecular weight excluding hydrogens is 214 g/mol. The zero-order chi connectivity index (χ0) is 10.9. The summed E-state index contributed by atoms with van der Waals surface area (Å²) in [5.74, 6) is 0.768. The van der Waals surface area contributed by atoms with Crippen LogP contribution in [-0.2, 0) is 10.0 Å². The van der Waals surface area contributed by atoms with E-state index < -0.39 is 10.0 Å². The van der Waals surface area contributed by atoms with Crippen molar-refractivity contribution < 1.29 is 13.2 Å².